The number of urea groups is 1. The average molecular weight is 433 g/mol. The second kappa shape index (κ2) is 5.85. The van der Waals surface area contributed by atoms with Gasteiger partial charge in [-0.25, -0.2) is 26.7 Å². The lowest BCUT2D eigenvalue weighted by Crippen LogP contribution is -2.43. The van der Waals surface area contributed by atoms with E-state index in [1.54, 1.807) is 0 Å². The Morgan fingerprint density at radius 2 is 1.77 bits per heavy atom. The molecule has 154 valence electrons. The van der Waals surface area contributed by atoms with Crippen LogP contribution in [0.15, 0.2) is 30.3 Å². The van der Waals surface area contributed by atoms with E-state index in [1.165, 1.54) is 6.07 Å². The van der Waals surface area contributed by atoms with E-state index in [0.29, 0.717) is 12.8 Å². The molecule has 1 atom stereocenters. The third kappa shape index (κ3) is 2.48. The Balaban J connectivity index is 1.75. The summed E-state index contributed by atoms with van der Waals surface area (Å²) < 4.78 is 54.9. The lowest BCUT2D eigenvalue weighted by atomic mass is 9.87. The minimum atomic E-state index is -3.93. The molecule has 1 saturated heterocycles. The zero-order valence-electron chi connectivity index (χ0n) is 15.1. The topological polar surface area (TPSA) is 121 Å². The number of benzene rings is 2. The number of rotatable bonds is 3. The van der Waals surface area contributed by atoms with Crippen LogP contribution in [0.1, 0.15) is 34.3 Å². The maximum Gasteiger partial charge on any atom is 0.322 e. The maximum atomic E-state index is 14.5. The van der Waals surface area contributed by atoms with Gasteiger partial charge in [0.05, 0.1) is 10.8 Å². The van der Waals surface area contributed by atoms with E-state index in [2.05, 4.69) is 10.6 Å². The fourth-order valence-electron chi connectivity index (χ4n) is 4.04. The van der Waals surface area contributed by atoms with Crippen molar-refractivity contribution in [2.24, 2.45) is 0 Å². The van der Waals surface area contributed by atoms with Gasteiger partial charge in [0, 0.05) is 16.7 Å². The van der Waals surface area contributed by atoms with Crippen LogP contribution in [0.2, 0.25) is 0 Å². The van der Waals surface area contributed by atoms with Crippen molar-refractivity contribution >= 4 is 27.9 Å². The molecule has 0 bridgehead atoms. The van der Waals surface area contributed by atoms with Crippen LogP contribution >= 0.6 is 0 Å². The van der Waals surface area contributed by atoms with Crippen LogP contribution in [-0.4, -0.2) is 31.5 Å². The number of sulfonamides is 1. The first-order valence-corrected chi connectivity index (χ1v) is 10.5. The predicted molar refractivity (Wildman–Crippen MR) is 98.7 cm³/mol. The molecule has 2 fully saturated rings. The highest BCUT2D eigenvalue weighted by atomic mass is 32.2. The van der Waals surface area contributed by atoms with Crippen molar-refractivity contribution in [3.8, 4) is 11.1 Å². The number of fused-ring (bicyclic) bond motifs is 5. The predicted octanol–water partition coefficient (Wildman–Crippen LogP) is 1.25. The molecule has 0 radical (unpaired) electrons. The van der Waals surface area contributed by atoms with Gasteiger partial charge in [-0.05, 0) is 42.7 Å². The maximum absolute atomic E-state index is 14.5. The van der Waals surface area contributed by atoms with Crippen LogP contribution in [0, 0.1) is 11.6 Å². The van der Waals surface area contributed by atoms with Gasteiger partial charge < -0.3 is 5.32 Å². The molecule has 1 saturated carbocycles. The summed E-state index contributed by atoms with van der Waals surface area (Å²) >= 11 is 0. The molecule has 30 heavy (non-hydrogen) atoms. The van der Waals surface area contributed by atoms with E-state index in [4.69, 9.17) is 0 Å². The first-order valence-electron chi connectivity index (χ1n) is 8.97. The van der Waals surface area contributed by atoms with Gasteiger partial charge in [0.15, 0.2) is 5.54 Å². The number of halogens is 2. The van der Waals surface area contributed by atoms with Gasteiger partial charge in [-0.1, -0.05) is 6.07 Å². The summed E-state index contributed by atoms with van der Waals surface area (Å²) in [5.74, 6) is -3.57. The Kier molecular flexibility index (Phi) is 3.64. The molecule has 1 aliphatic heterocycles. The van der Waals surface area contributed by atoms with E-state index in [1.807, 2.05) is 4.72 Å². The molecular formula is C19H13F2N3O5S. The average Bonchev–Trinajstić information content (AvgIpc) is 3.43. The summed E-state index contributed by atoms with van der Waals surface area (Å²) in [4.78, 5) is 37.4. The smallest absolute Gasteiger partial charge is 0.316 e. The Morgan fingerprint density at radius 3 is 2.40 bits per heavy atom. The van der Waals surface area contributed by atoms with Gasteiger partial charge in [-0.15, -0.1) is 0 Å². The number of imide groups is 1. The molecule has 3 N–H and O–H groups in total. The van der Waals surface area contributed by atoms with E-state index in [-0.39, 0.29) is 27.8 Å². The second-order valence-electron chi connectivity index (χ2n) is 7.40. The minimum absolute atomic E-state index is 0.0190. The van der Waals surface area contributed by atoms with Gasteiger partial charge in [-0.3, -0.25) is 14.9 Å². The Morgan fingerprint density at radius 1 is 1.07 bits per heavy atom. The molecule has 5 rings (SSSR count). The third-order valence-electron chi connectivity index (χ3n) is 5.47. The lowest BCUT2D eigenvalue weighted by Gasteiger charge is -2.23. The van der Waals surface area contributed by atoms with Gasteiger partial charge in [0.2, 0.25) is 10.0 Å². The van der Waals surface area contributed by atoms with Crippen LogP contribution in [0.3, 0.4) is 0 Å². The molecule has 1 spiro atoms. The second-order valence-corrected chi connectivity index (χ2v) is 9.36. The minimum Gasteiger partial charge on any atom is -0.316 e. The highest BCUT2D eigenvalue weighted by molar-refractivity contribution is 7.91. The van der Waals surface area contributed by atoms with E-state index in [0.717, 1.165) is 24.3 Å². The summed E-state index contributed by atoms with van der Waals surface area (Å²) in [5.41, 5.74) is -2.08. The van der Waals surface area contributed by atoms with Crippen molar-refractivity contribution in [1.29, 1.82) is 0 Å². The van der Waals surface area contributed by atoms with Gasteiger partial charge in [0.1, 0.15) is 11.6 Å². The summed E-state index contributed by atoms with van der Waals surface area (Å²) in [6, 6.07) is 4.33. The van der Waals surface area contributed by atoms with Gasteiger partial charge in [-0.2, -0.15) is 0 Å². The van der Waals surface area contributed by atoms with Crippen molar-refractivity contribution < 1.29 is 31.6 Å². The quantitative estimate of drug-likeness (QED) is 0.629. The Hall–Kier alpha value is -3.34. The highest BCUT2D eigenvalue weighted by Gasteiger charge is 2.56. The number of carbonyl (C=O) groups is 3. The molecule has 8 nitrogen and oxygen atoms in total. The molecule has 0 aromatic heterocycles. The van der Waals surface area contributed by atoms with Crippen LogP contribution in [0.4, 0.5) is 13.6 Å². The lowest BCUT2D eigenvalue weighted by molar-refractivity contribution is -0.122. The van der Waals surface area contributed by atoms with Crippen LogP contribution in [0.25, 0.3) is 11.1 Å². The monoisotopic (exact) mass is 433 g/mol. The van der Waals surface area contributed by atoms with E-state index < -0.39 is 50.3 Å². The van der Waals surface area contributed by atoms with Crippen molar-refractivity contribution in [3.63, 3.8) is 0 Å². The summed E-state index contributed by atoms with van der Waals surface area (Å²) in [6.45, 7) is 0. The molecule has 3 aliphatic rings. The first-order chi connectivity index (χ1) is 14.1. The van der Waals surface area contributed by atoms with Gasteiger partial charge >= 0.3 is 6.03 Å². The third-order valence-corrected chi connectivity index (χ3v) is 7.29. The molecule has 11 heteroatoms. The number of carbonyl (C=O) groups excluding carboxylic acids is 3. The van der Waals surface area contributed by atoms with Crippen molar-refractivity contribution in [3.05, 3.63) is 58.7 Å². The zero-order chi connectivity index (χ0) is 21.4. The number of nitrogens with one attached hydrogen (secondary N) is 3. The Labute approximate surface area is 168 Å². The fraction of sp³-hybridized carbons (Fsp3) is 0.211. The Bertz CT molecular complexity index is 1290. The highest BCUT2D eigenvalue weighted by Crippen LogP contribution is 2.50. The SMILES string of the molecule is O=C1NC(=O)C2(N1)c1cc(F)ccc1-c1c(C(=O)NS(=O)(=O)C3CC3)cc(F)cc12. The first kappa shape index (κ1) is 18.7. The molecule has 2 aromatic rings. The molecule has 4 amide bonds. The van der Waals surface area contributed by atoms with Crippen molar-refractivity contribution in [2.45, 2.75) is 23.6 Å². The number of hydrogen-bond donors (Lipinski definition) is 3. The largest absolute Gasteiger partial charge is 0.322 e. The summed E-state index contributed by atoms with van der Waals surface area (Å²) in [7, 11) is -3.93. The van der Waals surface area contributed by atoms with Crippen LogP contribution < -0.4 is 15.4 Å². The normalized spacial score (nSPS) is 21.8. The summed E-state index contributed by atoms with van der Waals surface area (Å²) in [5, 5.41) is 3.77. The number of hydrogen-bond acceptors (Lipinski definition) is 5. The molecular weight excluding hydrogens is 420 g/mol. The van der Waals surface area contributed by atoms with Crippen LogP contribution in [0.5, 0.6) is 0 Å². The number of amides is 4. The molecule has 1 heterocycles. The standard InChI is InChI=1S/C19H13F2N3O5S/c20-8-1-4-11-13(6-8)19(17(26)22-18(27)23-19)14-7-9(21)5-12(15(11)14)16(25)24-30(28,29)10-2-3-10/h1,4-7,10H,2-3H2,(H,24,25)(H2,22,23,26,27). The van der Waals surface area contributed by atoms with Crippen LogP contribution in [-0.2, 0) is 20.4 Å². The van der Waals surface area contributed by atoms with E-state index in [9.17, 15) is 31.6 Å². The molecule has 2 aliphatic carbocycles. The van der Waals surface area contributed by atoms with Crippen molar-refractivity contribution in [1.82, 2.24) is 15.4 Å². The molecule has 2 aromatic carbocycles. The van der Waals surface area contributed by atoms with E-state index >= 15 is 0 Å². The molecule has 1 unspecified atom stereocenters. The van der Waals surface area contributed by atoms with Crippen molar-refractivity contribution in [2.75, 3.05) is 0 Å². The fourth-order valence-corrected chi connectivity index (χ4v) is 5.33. The zero-order valence-corrected chi connectivity index (χ0v) is 15.9. The van der Waals surface area contributed by atoms with Gasteiger partial charge in [0.25, 0.3) is 11.8 Å². The summed E-state index contributed by atoms with van der Waals surface area (Å²) in [6.07, 6.45) is 0.836.